The van der Waals surface area contributed by atoms with Crippen molar-refractivity contribution in [3.8, 4) is 0 Å². The predicted molar refractivity (Wildman–Crippen MR) is 72.7 cm³/mol. The highest BCUT2D eigenvalue weighted by Crippen LogP contribution is 2.23. The van der Waals surface area contributed by atoms with E-state index in [4.69, 9.17) is 0 Å². The molecule has 3 rings (SSSR count). The van der Waals surface area contributed by atoms with Crippen molar-refractivity contribution in [1.29, 1.82) is 0 Å². The summed E-state index contributed by atoms with van der Waals surface area (Å²) in [6.45, 7) is 0.755. The van der Waals surface area contributed by atoms with Gasteiger partial charge >= 0.3 is 0 Å². The van der Waals surface area contributed by atoms with E-state index in [9.17, 15) is 5.11 Å². The van der Waals surface area contributed by atoms with Crippen LogP contribution in [-0.4, -0.2) is 43.6 Å². The molecule has 2 aromatic heterocycles. The lowest BCUT2D eigenvalue weighted by atomic mass is 9.91. The number of nitrogens with zero attached hydrogens (tertiary/aromatic N) is 4. The number of aliphatic hydroxyl groups is 1. The van der Waals surface area contributed by atoms with Gasteiger partial charge in [-0.1, -0.05) is 12.8 Å². The van der Waals surface area contributed by atoms with E-state index >= 15 is 0 Å². The van der Waals surface area contributed by atoms with E-state index in [0.29, 0.717) is 0 Å². The van der Waals surface area contributed by atoms with Crippen molar-refractivity contribution >= 4 is 5.78 Å². The van der Waals surface area contributed by atoms with Gasteiger partial charge in [0.05, 0.1) is 11.8 Å². The van der Waals surface area contributed by atoms with Crippen LogP contribution in [0.15, 0.2) is 24.7 Å². The Balaban J connectivity index is 1.73. The molecule has 2 aromatic rings. The number of fused-ring (bicyclic) bond motifs is 1. The molecule has 0 aromatic carbocycles. The SMILES string of the molecule is CN(Cc1cn2cccnc2n1)C1CCCCC1O. The number of aromatic nitrogens is 3. The van der Waals surface area contributed by atoms with Crippen molar-refractivity contribution in [2.45, 2.75) is 44.4 Å². The van der Waals surface area contributed by atoms with Gasteiger partial charge in [-0.3, -0.25) is 9.30 Å². The van der Waals surface area contributed by atoms with E-state index in [1.54, 1.807) is 6.20 Å². The summed E-state index contributed by atoms with van der Waals surface area (Å²) in [5.41, 5.74) is 0.999. The Labute approximate surface area is 112 Å². The lowest BCUT2D eigenvalue weighted by Crippen LogP contribution is -2.42. The van der Waals surface area contributed by atoms with Crippen molar-refractivity contribution in [3.63, 3.8) is 0 Å². The van der Waals surface area contributed by atoms with E-state index in [0.717, 1.165) is 37.3 Å². The van der Waals surface area contributed by atoms with E-state index in [2.05, 4.69) is 21.9 Å². The normalized spacial score (nSPS) is 24.2. The Kier molecular flexibility index (Phi) is 3.48. The summed E-state index contributed by atoms with van der Waals surface area (Å²) < 4.78 is 1.93. The largest absolute Gasteiger partial charge is 0.391 e. The Morgan fingerprint density at radius 2 is 2.26 bits per heavy atom. The third-order valence-electron chi connectivity index (χ3n) is 3.96. The number of aliphatic hydroxyl groups excluding tert-OH is 1. The van der Waals surface area contributed by atoms with E-state index < -0.39 is 0 Å². The van der Waals surface area contributed by atoms with Crippen LogP contribution in [0.3, 0.4) is 0 Å². The highest BCUT2D eigenvalue weighted by Gasteiger charge is 2.26. The molecular formula is C14H20N4O. The maximum atomic E-state index is 10.1. The van der Waals surface area contributed by atoms with Crippen LogP contribution in [0.1, 0.15) is 31.4 Å². The fraction of sp³-hybridized carbons (Fsp3) is 0.571. The summed E-state index contributed by atoms with van der Waals surface area (Å²) in [4.78, 5) is 10.9. The van der Waals surface area contributed by atoms with Gasteiger partial charge in [0.1, 0.15) is 0 Å². The number of likely N-dealkylation sites (N-methyl/N-ethyl adjacent to an activating group) is 1. The topological polar surface area (TPSA) is 53.7 Å². The Hall–Kier alpha value is -1.46. The molecule has 102 valence electrons. The highest BCUT2D eigenvalue weighted by atomic mass is 16.3. The molecule has 1 N–H and O–H groups in total. The summed E-state index contributed by atoms with van der Waals surface area (Å²) in [7, 11) is 2.07. The Morgan fingerprint density at radius 3 is 3.05 bits per heavy atom. The second-order valence-corrected chi connectivity index (χ2v) is 5.39. The molecule has 1 saturated carbocycles. The number of imidazole rings is 1. The molecule has 5 nitrogen and oxygen atoms in total. The molecule has 0 radical (unpaired) electrons. The summed E-state index contributed by atoms with van der Waals surface area (Å²) in [5, 5.41) is 10.1. The predicted octanol–water partition coefficient (Wildman–Crippen LogP) is 1.46. The fourth-order valence-corrected chi connectivity index (χ4v) is 2.93. The minimum atomic E-state index is -0.200. The lowest BCUT2D eigenvalue weighted by Gasteiger charge is -2.34. The van der Waals surface area contributed by atoms with E-state index in [1.165, 1.54) is 6.42 Å². The summed E-state index contributed by atoms with van der Waals surface area (Å²) in [6.07, 6.45) is 9.85. The molecule has 0 aliphatic heterocycles. The Bertz CT molecular complexity index is 520. The zero-order valence-corrected chi connectivity index (χ0v) is 11.2. The lowest BCUT2D eigenvalue weighted by molar-refractivity contribution is 0.0284. The van der Waals surface area contributed by atoms with Crippen molar-refractivity contribution in [2.24, 2.45) is 0 Å². The van der Waals surface area contributed by atoms with Crippen LogP contribution in [0.25, 0.3) is 5.78 Å². The molecule has 2 heterocycles. The van der Waals surface area contributed by atoms with Gasteiger partial charge < -0.3 is 5.11 Å². The van der Waals surface area contributed by atoms with Gasteiger partial charge in [0.15, 0.2) is 0 Å². The molecule has 0 saturated heterocycles. The maximum absolute atomic E-state index is 10.1. The summed E-state index contributed by atoms with van der Waals surface area (Å²) >= 11 is 0. The van der Waals surface area contributed by atoms with Gasteiger partial charge in [0, 0.05) is 31.2 Å². The zero-order valence-electron chi connectivity index (χ0n) is 11.2. The number of hydrogen-bond acceptors (Lipinski definition) is 4. The molecule has 2 unspecified atom stereocenters. The second-order valence-electron chi connectivity index (χ2n) is 5.39. The van der Waals surface area contributed by atoms with Crippen molar-refractivity contribution in [1.82, 2.24) is 19.3 Å². The molecule has 1 aliphatic rings. The third kappa shape index (κ3) is 2.62. The van der Waals surface area contributed by atoms with Gasteiger partial charge in [0.25, 0.3) is 0 Å². The molecule has 2 atom stereocenters. The quantitative estimate of drug-likeness (QED) is 0.908. The minimum Gasteiger partial charge on any atom is -0.391 e. The molecule has 0 spiro atoms. The second kappa shape index (κ2) is 5.27. The van der Waals surface area contributed by atoms with Gasteiger partial charge in [-0.25, -0.2) is 9.97 Å². The van der Waals surface area contributed by atoms with Crippen LogP contribution < -0.4 is 0 Å². The first-order valence-electron chi connectivity index (χ1n) is 6.91. The van der Waals surface area contributed by atoms with Crippen LogP contribution in [-0.2, 0) is 6.54 Å². The maximum Gasteiger partial charge on any atom is 0.233 e. The smallest absolute Gasteiger partial charge is 0.233 e. The minimum absolute atomic E-state index is 0.200. The van der Waals surface area contributed by atoms with Crippen molar-refractivity contribution < 1.29 is 5.11 Å². The number of rotatable bonds is 3. The summed E-state index contributed by atoms with van der Waals surface area (Å²) in [6, 6.07) is 2.15. The standard InChI is InChI=1S/C14H20N4O/c1-17(12-5-2-3-6-13(12)19)9-11-10-18-8-4-7-15-14(18)16-11/h4,7-8,10,12-13,19H,2-3,5-6,9H2,1H3. The first-order valence-corrected chi connectivity index (χ1v) is 6.91. The molecular weight excluding hydrogens is 240 g/mol. The number of hydrogen-bond donors (Lipinski definition) is 1. The van der Waals surface area contributed by atoms with Crippen molar-refractivity contribution in [2.75, 3.05) is 7.05 Å². The first kappa shape index (κ1) is 12.6. The average molecular weight is 260 g/mol. The highest BCUT2D eigenvalue weighted by molar-refractivity contribution is 5.29. The van der Waals surface area contributed by atoms with Gasteiger partial charge in [0.2, 0.25) is 5.78 Å². The first-order chi connectivity index (χ1) is 9.24. The van der Waals surface area contributed by atoms with Gasteiger partial charge in [-0.15, -0.1) is 0 Å². The Morgan fingerprint density at radius 1 is 1.42 bits per heavy atom. The molecule has 1 fully saturated rings. The van der Waals surface area contributed by atoms with E-state index in [1.807, 2.05) is 22.9 Å². The van der Waals surface area contributed by atoms with Gasteiger partial charge in [-0.05, 0) is 26.0 Å². The van der Waals surface area contributed by atoms with E-state index in [-0.39, 0.29) is 12.1 Å². The molecule has 5 heteroatoms. The molecule has 19 heavy (non-hydrogen) atoms. The monoisotopic (exact) mass is 260 g/mol. The van der Waals surface area contributed by atoms with Crippen LogP contribution in [0, 0.1) is 0 Å². The third-order valence-corrected chi connectivity index (χ3v) is 3.96. The van der Waals surface area contributed by atoms with Crippen LogP contribution >= 0.6 is 0 Å². The molecule has 1 aliphatic carbocycles. The fourth-order valence-electron chi connectivity index (χ4n) is 2.93. The van der Waals surface area contributed by atoms with Crippen LogP contribution in [0.2, 0.25) is 0 Å². The molecule has 0 amide bonds. The van der Waals surface area contributed by atoms with Crippen LogP contribution in [0.5, 0.6) is 0 Å². The average Bonchev–Trinajstić information content (AvgIpc) is 2.81. The zero-order chi connectivity index (χ0) is 13.2. The van der Waals surface area contributed by atoms with Gasteiger partial charge in [-0.2, -0.15) is 0 Å². The molecule has 0 bridgehead atoms. The van der Waals surface area contributed by atoms with Crippen LogP contribution in [0.4, 0.5) is 0 Å². The van der Waals surface area contributed by atoms with Crippen molar-refractivity contribution in [3.05, 3.63) is 30.4 Å². The summed E-state index contributed by atoms with van der Waals surface area (Å²) in [5.74, 6) is 0.732.